The van der Waals surface area contributed by atoms with Crippen molar-refractivity contribution in [2.24, 2.45) is 0 Å². The van der Waals surface area contributed by atoms with Gasteiger partial charge in [0.15, 0.2) is 11.5 Å². The highest BCUT2D eigenvalue weighted by molar-refractivity contribution is 7.05. The Morgan fingerprint density at radius 1 is 0.380 bits per heavy atom. The van der Waals surface area contributed by atoms with E-state index in [4.69, 9.17) is 23.0 Å². The van der Waals surface area contributed by atoms with Crippen LogP contribution in [-0.2, 0) is 0 Å². The highest BCUT2D eigenvalue weighted by Crippen LogP contribution is 2.57. The van der Waals surface area contributed by atoms with E-state index in [0.717, 1.165) is 128 Å². The molecule has 0 fully saturated rings. The Kier molecular flexibility index (Phi) is 3.94. The van der Waals surface area contributed by atoms with Crippen molar-refractivity contribution in [1.82, 2.24) is 0 Å². The van der Waals surface area contributed by atoms with Crippen LogP contribution in [0.25, 0.3) is 43.9 Å². The van der Waals surface area contributed by atoms with Crippen LogP contribution in [0.3, 0.4) is 0 Å². The largest absolute Gasteiger partial charge is 0.458 e. The third kappa shape index (κ3) is 2.61. The summed E-state index contributed by atoms with van der Waals surface area (Å²) >= 11 is 0. The van der Waals surface area contributed by atoms with Crippen molar-refractivity contribution in [3.63, 3.8) is 0 Å². The van der Waals surface area contributed by atoms with E-state index in [1.165, 1.54) is 0 Å². The first kappa shape index (κ1) is 24.6. The van der Waals surface area contributed by atoms with Crippen molar-refractivity contribution in [2.75, 3.05) is 4.90 Å². The molecular weight excluding hydrogens is 620 g/mol. The molecule has 7 heterocycles. The number of rotatable bonds is 0. The standard InChI is InChI=1S/C42H19B2NO5/c1-5-13-26-20(9-1)22-17-32-38-36(41(22)49-26)43-24-11-3-7-15-28(24)46-30-19-31-35-40(34(30)43)45(38)39-33(48-32)18-23-21-10-2-6-14-27(21)50-42(23)37(39)44(35)25-12-4-8-16-29(25)47-31/h1-19H. The number of para-hydroxylation sites is 4. The van der Waals surface area contributed by atoms with Gasteiger partial charge in [-0.3, -0.25) is 0 Å². The lowest BCUT2D eigenvalue weighted by Crippen LogP contribution is -2.67. The first-order valence-electron chi connectivity index (χ1n) is 17.0. The van der Waals surface area contributed by atoms with Crippen molar-refractivity contribution in [3.05, 3.63) is 115 Å². The zero-order valence-corrected chi connectivity index (χ0v) is 26.1. The minimum Gasteiger partial charge on any atom is -0.458 e. The predicted molar refractivity (Wildman–Crippen MR) is 198 cm³/mol. The van der Waals surface area contributed by atoms with E-state index in [1.807, 2.05) is 36.4 Å². The Balaban J connectivity index is 1.23. The van der Waals surface area contributed by atoms with Crippen LogP contribution in [0, 0.1) is 0 Å². The van der Waals surface area contributed by atoms with Crippen LogP contribution < -0.4 is 51.9 Å². The molecule has 0 unspecified atom stereocenters. The Bertz CT molecular complexity index is 2920. The first-order valence-corrected chi connectivity index (χ1v) is 17.0. The number of benzene rings is 7. The second kappa shape index (κ2) is 8.01. The van der Waals surface area contributed by atoms with E-state index in [0.29, 0.717) is 0 Å². The predicted octanol–water partition coefficient (Wildman–Crippen LogP) is 6.93. The van der Waals surface area contributed by atoms with Gasteiger partial charge in [0.25, 0.3) is 13.4 Å². The first-order chi connectivity index (χ1) is 24.8. The molecule has 50 heavy (non-hydrogen) atoms. The van der Waals surface area contributed by atoms with Gasteiger partial charge < -0.3 is 27.9 Å². The summed E-state index contributed by atoms with van der Waals surface area (Å²) in [5, 5.41) is 4.20. The summed E-state index contributed by atoms with van der Waals surface area (Å²) in [6.07, 6.45) is 0. The molecule has 5 aliphatic heterocycles. The van der Waals surface area contributed by atoms with E-state index in [-0.39, 0.29) is 13.4 Å². The van der Waals surface area contributed by atoms with Gasteiger partial charge in [0, 0.05) is 44.2 Å². The Morgan fingerprint density at radius 3 is 1.38 bits per heavy atom. The summed E-state index contributed by atoms with van der Waals surface area (Å²) in [6, 6.07) is 39.7. The zero-order chi connectivity index (χ0) is 32.0. The zero-order valence-electron chi connectivity index (χ0n) is 26.1. The number of fused-ring (bicyclic) bond motifs is 14. The molecule has 0 atom stereocenters. The molecule has 0 bridgehead atoms. The monoisotopic (exact) mass is 639 g/mol. The van der Waals surface area contributed by atoms with E-state index < -0.39 is 0 Å². The smallest absolute Gasteiger partial charge is 0.261 e. The van der Waals surface area contributed by atoms with Crippen molar-refractivity contribution >= 4 is 107 Å². The molecular formula is C42H19B2NO5. The molecule has 14 rings (SSSR count). The van der Waals surface area contributed by atoms with Gasteiger partial charge in [0.2, 0.25) is 0 Å². The Morgan fingerprint density at radius 2 is 0.840 bits per heavy atom. The third-order valence-electron chi connectivity index (χ3n) is 11.5. The third-order valence-corrected chi connectivity index (χ3v) is 11.5. The topological polar surface area (TPSA) is 57.2 Å². The molecule has 0 spiro atoms. The Labute approximate surface area is 284 Å². The highest BCUT2D eigenvalue weighted by atomic mass is 16.5. The van der Waals surface area contributed by atoms with Crippen molar-refractivity contribution in [2.45, 2.75) is 0 Å². The summed E-state index contributed by atoms with van der Waals surface area (Å²) in [6.45, 7) is -0.326. The molecule has 0 radical (unpaired) electrons. The van der Waals surface area contributed by atoms with Crippen LogP contribution in [0.5, 0.6) is 34.5 Å². The second-order valence-corrected chi connectivity index (χ2v) is 13.9. The van der Waals surface area contributed by atoms with Gasteiger partial charge in [-0.15, -0.1) is 0 Å². The molecule has 0 amide bonds. The van der Waals surface area contributed by atoms with Gasteiger partial charge in [-0.05, 0) is 58.2 Å². The number of hydrogen-bond donors (Lipinski definition) is 0. The molecule has 6 nitrogen and oxygen atoms in total. The number of hydrogen-bond acceptors (Lipinski definition) is 6. The molecule has 0 saturated heterocycles. The van der Waals surface area contributed by atoms with Crippen molar-refractivity contribution in [3.8, 4) is 34.5 Å². The summed E-state index contributed by atoms with van der Waals surface area (Å²) < 4.78 is 34.5. The van der Waals surface area contributed by atoms with Crippen LogP contribution in [0.15, 0.2) is 124 Å². The van der Waals surface area contributed by atoms with Crippen LogP contribution in [0.2, 0.25) is 0 Å². The fourth-order valence-corrected chi connectivity index (χ4v) is 9.70. The molecule has 228 valence electrons. The molecule has 0 N–H and O–H groups in total. The fraction of sp³-hybridized carbons (Fsp3) is 0. The van der Waals surface area contributed by atoms with E-state index in [9.17, 15) is 0 Å². The summed E-state index contributed by atoms with van der Waals surface area (Å²) in [5.41, 5.74) is 13.1. The van der Waals surface area contributed by atoms with Crippen LogP contribution in [0.4, 0.5) is 17.1 Å². The van der Waals surface area contributed by atoms with Gasteiger partial charge >= 0.3 is 0 Å². The average molecular weight is 639 g/mol. The maximum absolute atomic E-state index is 7.17. The molecule has 9 aromatic rings. The maximum Gasteiger partial charge on any atom is 0.261 e. The quantitative estimate of drug-likeness (QED) is 0.168. The van der Waals surface area contributed by atoms with Crippen LogP contribution in [0.1, 0.15) is 0 Å². The molecule has 8 heteroatoms. The summed E-state index contributed by atoms with van der Waals surface area (Å²) in [7, 11) is 0. The minimum absolute atomic E-state index is 0.163. The van der Waals surface area contributed by atoms with E-state index >= 15 is 0 Å². The average Bonchev–Trinajstić information content (AvgIpc) is 3.72. The maximum atomic E-state index is 7.17. The normalized spacial score (nSPS) is 14.8. The number of anilines is 3. The number of ether oxygens (including phenoxy) is 3. The lowest BCUT2D eigenvalue weighted by Gasteiger charge is -2.49. The fourth-order valence-electron chi connectivity index (χ4n) is 9.70. The summed E-state index contributed by atoms with van der Waals surface area (Å²) in [4.78, 5) is 2.41. The number of furan rings is 2. The minimum atomic E-state index is -0.163. The SMILES string of the molecule is c1ccc2c(c1)Oc1cc3c4c5c1B2c1c2c(cc6c1oc1ccccc16)Oc1cc6c(oc7ccccc76)c(c1N52)B4c1ccccc1O3. The van der Waals surface area contributed by atoms with Crippen molar-refractivity contribution < 1.29 is 23.0 Å². The van der Waals surface area contributed by atoms with Gasteiger partial charge in [0.1, 0.15) is 45.3 Å². The lowest BCUT2D eigenvalue weighted by atomic mass is 9.29. The molecule has 0 saturated carbocycles. The van der Waals surface area contributed by atoms with Crippen LogP contribution >= 0.6 is 0 Å². The van der Waals surface area contributed by atoms with Crippen LogP contribution in [-0.4, -0.2) is 13.4 Å². The molecule has 7 aromatic carbocycles. The molecule has 0 aliphatic carbocycles. The lowest BCUT2D eigenvalue weighted by molar-refractivity contribution is 0.464. The summed E-state index contributed by atoms with van der Waals surface area (Å²) in [5.74, 6) is 4.85. The van der Waals surface area contributed by atoms with Crippen molar-refractivity contribution in [1.29, 1.82) is 0 Å². The van der Waals surface area contributed by atoms with Gasteiger partial charge in [-0.25, -0.2) is 0 Å². The van der Waals surface area contributed by atoms with Gasteiger partial charge in [0.05, 0.1) is 11.4 Å². The number of nitrogens with zero attached hydrogens (tertiary/aromatic N) is 1. The second-order valence-electron chi connectivity index (χ2n) is 13.9. The molecule has 2 aromatic heterocycles. The van der Waals surface area contributed by atoms with E-state index in [2.05, 4.69) is 83.8 Å². The highest BCUT2D eigenvalue weighted by Gasteiger charge is 2.55. The van der Waals surface area contributed by atoms with Gasteiger partial charge in [-0.1, -0.05) is 72.8 Å². The van der Waals surface area contributed by atoms with E-state index in [1.54, 1.807) is 0 Å². The van der Waals surface area contributed by atoms with Gasteiger partial charge in [-0.2, -0.15) is 0 Å². The Hall–Kier alpha value is -6.53. The molecule has 5 aliphatic rings.